The van der Waals surface area contributed by atoms with Crippen LogP contribution < -0.4 is 10.6 Å². The maximum absolute atomic E-state index is 14.1. The maximum atomic E-state index is 14.1. The summed E-state index contributed by atoms with van der Waals surface area (Å²) in [5.41, 5.74) is 3.40. The van der Waals surface area contributed by atoms with Gasteiger partial charge in [-0.15, -0.1) is 0 Å². The molecule has 1 aliphatic carbocycles. The van der Waals surface area contributed by atoms with Gasteiger partial charge in [-0.05, 0) is 47.6 Å². The number of carbonyl (C=O) groups is 2. The van der Waals surface area contributed by atoms with E-state index in [9.17, 15) is 9.59 Å². The molecule has 0 bridgehead atoms. The summed E-state index contributed by atoms with van der Waals surface area (Å²) in [5.74, 6) is 0.698. The Morgan fingerprint density at radius 2 is 1.62 bits per heavy atom. The lowest BCUT2D eigenvalue weighted by Gasteiger charge is -2.43. The standard InChI is InChI=1S/C36H50ClN5O3/c37-31-12-10-28(11-13-31)23-34(39-35(43)33-24-29-8-4-5-9-30(29)25-38-33)36(44)42-16-14-41(15-17-42)32(22-27-6-2-1-3-7-27)26-40-18-20-45-21-19-40/h4-5,8-13,27,32-34,38H,1-3,6-7,14-26H2,(H,39,43)/t32?,33-,34-/m1/s1. The van der Waals surface area contributed by atoms with E-state index in [-0.39, 0.29) is 17.9 Å². The van der Waals surface area contributed by atoms with Crippen molar-refractivity contribution in [3.05, 3.63) is 70.2 Å². The number of rotatable bonds is 10. The molecule has 1 saturated carbocycles. The SMILES string of the molecule is O=C(N[C@H](Cc1ccc(Cl)cc1)C(=O)N1CCN(C(CC2CCCCC2)CN2CCOCC2)CC1)[C@H]1Cc2ccccc2CN1. The van der Waals surface area contributed by atoms with Gasteiger partial charge in [0.1, 0.15) is 6.04 Å². The van der Waals surface area contributed by atoms with Crippen LogP contribution in [0, 0.1) is 5.92 Å². The molecule has 3 fully saturated rings. The second-order valence-electron chi connectivity index (χ2n) is 13.5. The lowest BCUT2D eigenvalue weighted by molar-refractivity contribution is -0.138. The number of nitrogens with one attached hydrogen (secondary N) is 2. The minimum absolute atomic E-state index is 0.00571. The average molecular weight is 636 g/mol. The quantitative estimate of drug-likeness (QED) is 0.413. The van der Waals surface area contributed by atoms with Crippen LogP contribution in [0.2, 0.25) is 5.02 Å². The van der Waals surface area contributed by atoms with Crippen LogP contribution in [0.25, 0.3) is 0 Å². The van der Waals surface area contributed by atoms with E-state index in [0.717, 1.165) is 57.4 Å². The summed E-state index contributed by atoms with van der Waals surface area (Å²) in [4.78, 5) is 34.9. The van der Waals surface area contributed by atoms with Crippen molar-refractivity contribution in [3.63, 3.8) is 0 Å². The van der Waals surface area contributed by atoms with E-state index in [1.165, 1.54) is 49.7 Å². The number of fused-ring (bicyclic) bond motifs is 1. The Morgan fingerprint density at radius 1 is 0.911 bits per heavy atom. The number of hydrogen-bond acceptors (Lipinski definition) is 6. The van der Waals surface area contributed by atoms with Gasteiger partial charge in [0.2, 0.25) is 11.8 Å². The van der Waals surface area contributed by atoms with E-state index >= 15 is 0 Å². The lowest BCUT2D eigenvalue weighted by Crippen LogP contribution is -2.60. The van der Waals surface area contributed by atoms with Crippen LogP contribution in [0.3, 0.4) is 0 Å². The summed E-state index contributed by atoms with van der Waals surface area (Å²) >= 11 is 6.15. The minimum atomic E-state index is -0.629. The zero-order valence-electron chi connectivity index (χ0n) is 26.6. The van der Waals surface area contributed by atoms with Gasteiger partial charge in [-0.2, -0.15) is 0 Å². The Morgan fingerprint density at radius 3 is 2.36 bits per heavy atom. The number of piperazine rings is 1. The Labute approximate surface area is 273 Å². The van der Waals surface area contributed by atoms with Crippen LogP contribution in [0.1, 0.15) is 55.2 Å². The summed E-state index contributed by atoms with van der Waals surface area (Å²) in [7, 11) is 0. The molecule has 3 aliphatic heterocycles. The van der Waals surface area contributed by atoms with Crippen LogP contribution in [0.4, 0.5) is 0 Å². The molecule has 9 heteroatoms. The highest BCUT2D eigenvalue weighted by molar-refractivity contribution is 6.30. The molecule has 8 nitrogen and oxygen atoms in total. The summed E-state index contributed by atoms with van der Waals surface area (Å²) in [5, 5.41) is 7.20. The second kappa shape index (κ2) is 15.9. The van der Waals surface area contributed by atoms with E-state index in [1.807, 2.05) is 41.3 Å². The van der Waals surface area contributed by atoms with Gasteiger partial charge in [0.15, 0.2) is 0 Å². The number of carbonyl (C=O) groups excluding carboxylic acids is 2. The van der Waals surface area contributed by atoms with Gasteiger partial charge in [-0.25, -0.2) is 0 Å². The van der Waals surface area contributed by atoms with Gasteiger partial charge in [-0.1, -0.05) is 80.1 Å². The van der Waals surface area contributed by atoms with Gasteiger partial charge >= 0.3 is 0 Å². The van der Waals surface area contributed by atoms with E-state index in [4.69, 9.17) is 16.3 Å². The molecule has 6 rings (SSSR count). The van der Waals surface area contributed by atoms with Crippen LogP contribution in [-0.4, -0.2) is 104 Å². The smallest absolute Gasteiger partial charge is 0.245 e. The fourth-order valence-corrected chi connectivity index (χ4v) is 7.85. The fourth-order valence-electron chi connectivity index (χ4n) is 7.72. The van der Waals surface area contributed by atoms with E-state index < -0.39 is 6.04 Å². The Bertz CT molecular complexity index is 1240. The summed E-state index contributed by atoms with van der Waals surface area (Å²) in [6.07, 6.45) is 9.11. The van der Waals surface area contributed by atoms with Crippen molar-refractivity contribution >= 4 is 23.4 Å². The van der Waals surface area contributed by atoms with E-state index in [0.29, 0.717) is 43.5 Å². The number of benzene rings is 2. The molecule has 2 amide bonds. The summed E-state index contributed by atoms with van der Waals surface area (Å²) < 4.78 is 5.63. The largest absolute Gasteiger partial charge is 0.379 e. The van der Waals surface area contributed by atoms with Crippen molar-refractivity contribution in [1.82, 2.24) is 25.3 Å². The first kappa shape index (κ1) is 32.5. The zero-order valence-corrected chi connectivity index (χ0v) is 27.4. The third-order valence-corrected chi connectivity index (χ3v) is 10.7. The molecule has 2 N–H and O–H groups in total. The highest BCUT2D eigenvalue weighted by Crippen LogP contribution is 2.29. The number of ether oxygens (including phenoxy) is 1. The van der Waals surface area contributed by atoms with Gasteiger partial charge in [-0.3, -0.25) is 19.4 Å². The predicted octanol–water partition coefficient (Wildman–Crippen LogP) is 3.90. The van der Waals surface area contributed by atoms with Crippen LogP contribution >= 0.6 is 11.6 Å². The normalized spacial score (nSPS) is 23.2. The van der Waals surface area contributed by atoms with Gasteiger partial charge in [0, 0.05) is 69.8 Å². The van der Waals surface area contributed by atoms with Crippen LogP contribution in [0.15, 0.2) is 48.5 Å². The van der Waals surface area contributed by atoms with Gasteiger partial charge < -0.3 is 20.3 Å². The number of nitrogens with zero attached hydrogens (tertiary/aromatic N) is 3. The first-order valence-electron chi connectivity index (χ1n) is 17.2. The van der Waals surface area contributed by atoms with Crippen LogP contribution in [0.5, 0.6) is 0 Å². The molecule has 2 saturated heterocycles. The first-order valence-corrected chi connectivity index (χ1v) is 17.6. The molecule has 2 aromatic carbocycles. The Balaban J connectivity index is 1.10. The topological polar surface area (TPSA) is 77.2 Å². The van der Waals surface area contributed by atoms with Crippen molar-refractivity contribution < 1.29 is 14.3 Å². The van der Waals surface area contributed by atoms with Crippen molar-refractivity contribution in [2.24, 2.45) is 5.92 Å². The number of hydrogen-bond donors (Lipinski definition) is 2. The fraction of sp³-hybridized carbons (Fsp3) is 0.611. The molecule has 244 valence electrons. The van der Waals surface area contributed by atoms with Gasteiger partial charge in [0.25, 0.3) is 0 Å². The molecule has 0 radical (unpaired) electrons. The molecule has 0 aromatic heterocycles. The molecular formula is C36H50ClN5O3. The Hall–Kier alpha value is -2.49. The minimum Gasteiger partial charge on any atom is -0.379 e. The lowest BCUT2D eigenvalue weighted by atomic mass is 9.84. The summed E-state index contributed by atoms with van der Waals surface area (Å²) in [6, 6.07) is 15.3. The second-order valence-corrected chi connectivity index (χ2v) is 13.9. The average Bonchev–Trinajstić information content (AvgIpc) is 3.09. The maximum Gasteiger partial charge on any atom is 0.245 e. The van der Waals surface area contributed by atoms with E-state index in [1.54, 1.807) is 0 Å². The predicted molar refractivity (Wildman–Crippen MR) is 178 cm³/mol. The number of morpholine rings is 1. The molecule has 45 heavy (non-hydrogen) atoms. The highest BCUT2D eigenvalue weighted by Gasteiger charge is 2.34. The monoisotopic (exact) mass is 635 g/mol. The van der Waals surface area contributed by atoms with Crippen molar-refractivity contribution in [3.8, 4) is 0 Å². The van der Waals surface area contributed by atoms with Crippen molar-refractivity contribution in [1.29, 1.82) is 0 Å². The number of amides is 2. The Kier molecular flexibility index (Phi) is 11.4. The first-order chi connectivity index (χ1) is 22.0. The molecule has 3 heterocycles. The zero-order chi connectivity index (χ0) is 31.0. The molecule has 2 aromatic rings. The molecular weight excluding hydrogens is 586 g/mol. The third-order valence-electron chi connectivity index (χ3n) is 10.4. The molecule has 3 atom stereocenters. The van der Waals surface area contributed by atoms with Crippen LogP contribution in [-0.2, 0) is 33.7 Å². The van der Waals surface area contributed by atoms with Crippen molar-refractivity contribution in [2.45, 2.75) is 76.0 Å². The highest BCUT2D eigenvalue weighted by atomic mass is 35.5. The third kappa shape index (κ3) is 8.86. The van der Waals surface area contributed by atoms with E-state index in [2.05, 4.69) is 32.6 Å². The molecule has 0 spiro atoms. The molecule has 4 aliphatic rings. The van der Waals surface area contributed by atoms with Gasteiger partial charge in [0.05, 0.1) is 19.3 Å². The molecule has 1 unspecified atom stereocenters. The summed E-state index contributed by atoms with van der Waals surface area (Å²) in [6.45, 7) is 8.51. The van der Waals surface area contributed by atoms with Crippen molar-refractivity contribution in [2.75, 3.05) is 59.0 Å². The number of halogens is 1.